The molecule has 0 radical (unpaired) electrons. The van der Waals surface area contributed by atoms with Gasteiger partial charge in [-0.05, 0) is 12.3 Å². The summed E-state index contributed by atoms with van der Waals surface area (Å²) < 4.78 is 6.56. The van der Waals surface area contributed by atoms with Gasteiger partial charge in [-0.25, -0.2) is 0 Å². The Hall–Kier alpha value is 0.130. The van der Waals surface area contributed by atoms with E-state index in [9.17, 15) is 5.11 Å². The van der Waals surface area contributed by atoms with Gasteiger partial charge in [0.05, 0.1) is 33.4 Å². The van der Waals surface area contributed by atoms with Gasteiger partial charge in [0.15, 0.2) is 0 Å². The van der Waals surface area contributed by atoms with Crippen molar-refractivity contribution in [3.05, 3.63) is 0 Å². The van der Waals surface area contributed by atoms with Crippen LogP contribution in [0.3, 0.4) is 0 Å². The van der Waals surface area contributed by atoms with Crippen LogP contribution in [0.25, 0.3) is 0 Å². The molecule has 0 bridgehead atoms. The first kappa shape index (κ1) is 26.4. The maximum Gasteiger partial charge on any atom is 0.102 e. The van der Waals surface area contributed by atoms with Crippen LogP contribution in [0, 0.1) is 5.92 Å². The second-order valence-corrected chi connectivity index (χ2v) is 7.51. The van der Waals surface area contributed by atoms with E-state index in [-0.39, 0.29) is 25.6 Å². The molecule has 2 N–H and O–H groups in total. The number of likely N-dealkylation sites (N-methyl/N-ethyl adjacent to an activating group) is 1. The van der Waals surface area contributed by atoms with E-state index < -0.39 is 0 Å². The molecule has 0 aromatic heterocycles. The molecule has 24 heavy (non-hydrogen) atoms. The molecule has 0 aromatic rings. The predicted molar refractivity (Wildman–Crippen MR) is 97.6 cm³/mol. The van der Waals surface area contributed by atoms with Gasteiger partial charge in [-0.1, -0.05) is 46.0 Å². The van der Waals surface area contributed by atoms with Gasteiger partial charge < -0.3 is 31.8 Å². The Balaban J connectivity index is 0. The summed E-state index contributed by atoms with van der Waals surface area (Å²) in [6.07, 6.45) is 9.71. The molecule has 1 atom stereocenters. The summed E-state index contributed by atoms with van der Waals surface area (Å²) in [6, 6.07) is 0. The Bertz CT molecular complexity index is 255. The van der Waals surface area contributed by atoms with Crippen molar-refractivity contribution in [3.8, 4) is 0 Å². The van der Waals surface area contributed by atoms with Gasteiger partial charge in [0.1, 0.15) is 6.54 Å². The number of halogens is 1. The highest BCUT2D eigenvalue weighted by Crippen LogP contribution is 2.10. The summed E-state index contributed by atoms with van der Waals surface area (Å²) in [4.78, 5) is 0. The minimum atomic E-state index is 0. The third-order valence-corrected chi connectivity index (χ3v) is 4.55. The van der Waals surface area contributed by atoms with Crippen LogP contribution in [-0.2, 0) is 4.74 Å². The molecule has 0 spiro atoms. The van der Waals surface area contributed by atoms with E-state index in [1.807, 2.05) is 0 Å². The maximum absolute atomic E-state index is 9.18. The van der Waals surface area contributed by atoms with Crippen molar-refractivity contribution in [1.82, 2.24) is 0 Å². The van der Waals surface area contributed by atoms with Crippen molar-refractivity contribution in [2.45, 2.75) is 65.2 Å². The van der Waals surface area contributed by atoms with Gasteiger partial charge in [0.25, 0.3) is 0 Å². The fourth-order valence-electron chi connectivity index (χ4n) is 2.97. The normalized spacial score (nSPS) is 13.8. The molecular weight excluding hydrogens is 326 g/mol. The summed E-state index contributed by atoms with van der Waals surface area (Å²) in [5.41, 5.74) is 0. The van der Waals surface area contributed by atoms with Crippen LogP contribution in [-0.4, -0.2) is 67.8 Å². The lowest BCUT2D eigenvalue weighted by Gasteiger charge is -2.34. The largest absolute Gasteiger partial charge is 1.00 e. The Kier molecular flexibility index (Phi) is 19.7. The summed E-state index contributed by atoms with van der Waals surface area (Å²) in [5, 5.41) is 18.2. The second kappa shape index (κ2) is 17.9. The van der Waals surface area contributed by atoms with Crippen LogP contribution < -0.4 is 12.4 Å². The number of rotatable bonds is 17. The van der Waals surface area contributed by atoms with E-state index in [0.717, 1.165) is 56.1 Å². The van der Waals surface area contributed by atoms with Gasteiger partial charge in [-0.2, -0.15) is 0 Å². The first-order chi connectivity index (χ1) is 11.0. The smallest absolute Gasteiger partial charge is 0.102 e. The molecule has 0 rings (SSSR count). The Labute approximate surface area is 156 Å². The maximum atomic E-state index is 9.18. The molecule has 0 aromatic carbocycles. The average Bonchev–Trinajstić information content (AvgIpc) is 2.50. The quantitative estimate of drug-likeness (QED) is 0.285. The number of aliphatic hydroxyl groups is 2. The summed E-state index contributed by atoms with van der Waals surface area (Å²) in [7, 11) is 2.16. The highest BCUT2D eigenvalue weighted by molar-refractivity contribution is 4.49. The van der Waals surface area contributed by atoms with E-state index in [2.05, 4.69) is 20.9 Å². The molecule has 0 heterocycles. The summed E-state index contributed by atoms with van der Waals surface area (Å²) >= 11 is 0. The minimum absolute atomic E-state index is 0. The van der Waals surface area contributed by atoms with E-state index in [1.54, 1.807) is 0 Å². The van der Waals surface area contributed by atoms with E-state index in [1.165, 1.54) is 38.5 Å². The fourth-order valence-corrected chi connectivity index (χ4v) is 2.97. The second-order valence-electron chi connectivity index (χ2n) is 7.51. The van der Waals surface area contributed by atoms with Crippen molar-refractivity contribution in [2.75, 3.05) is 53.1 Å². The molecule has 0 saturated carbocycles. The van der Waals surface area contributed by atoms with Crippen LogP contribution in [0.4, 0.5) is 0 Å². The van der Waals surface area contributed by atoms with Crippen LogP contribution in [0.2, 0.25) is 0 Å². The molecule has 4 nitrogen and oxygen atoms in total. The molecule has 1 unspecified atom stereocenters. The molecule has 148 valence electrons. The zero-order chi connectivity index (χ0) is 17.4. The SMILES string of the molecule is CC(C)CCCCCCCOCCC[N+](C)(CCO)CCCO.[Cl-]. The molecular formula is C19H42ClNO3. The van der Waals surface area contributed by atoms with Crippen molar-refractivity contribution >= 4 is 0 Å². The molecule has 0 aliphatic rings. The summed E-state index contributed by atoms with van der Waals surface area (Å²) in [5.74, 6) is 0.839. The van der Waals surface area contributed by atoms with Gasteiger partial charge in [0, 0.05) is 26.1 Å². The number of aliphatic hydroxyl groups excluding tert-OH is 2. The first-order valence-electron chi connectivity index (χ1n) is 9.67. The Morgan fingerprint density at radius 3 is 1.96 bits per heavy atom. The average molecular weight is 368 g/mol. The topological polar surface area (TPSA) is 49.7 Å². The monoisotopic (exact) mass is 367 g/mol. The van der Waals surface area contributed by atoms with Gasteiger partial charge >= 0.3 is 0 Å². The molecule has 0 saturated heterocycles. The number of hydrogen-bond acceptors (Lipinski definition) is 3. The number of unbranched alkanes of at least 4 members (excludes halogenated alkanes) is 4. The lowest BCUT2D eigenvalue weighted by molar-refractivity contribution is -0.910. The molecule has 0 fully saturated rings. The van der Waals surface area contributed by atoms with Gasteiger partial charge in [-0.3, -0.25) is 0 Å². The van der Waals surface area contributed by atoms with E-state index in [0.29, 0.717) is 0 Å². The predicted octanol–water partition coefficient (Wildman–Crippen LogP) is 0.215. The third kappa shape index (κ3) is 17.0. The molecule has 0 aliphatic heterocycles. The van der Waals surface area contributed by atoms with Crippen molar-refractivity contribution < 1.29 is 31.8 Å². The Morgan fingerprint density at radius 2 is 1.33 bits per heavy atom. The fraction of sp³-hybridized carbons (Fsp3) is 1.00. The zero-order valence-electron chi connectivity index (χ0n) is 16.3. The lowest BCUT2D eigenvalue weighted by atomic mass is 10.0. The van der Waals surface area contributed by atoms with E-state index >= 15 is 0 Å². The van der Waals surface area contributed by atoms with Crippen molar-refractivity contribution in [2.24, 2.45) is 5.92 Å². The number of ether oxygens (including phenoxy) is 1. The molecule has 0 aliphatic carbocycles. The zero-order valence-corrected chi connectivity index (χ0v) is 17.1. The number of hydrogen-bond donors (Lipinski definition) is 2. The van der Waals surface area contributed by atoms with Crippen molar-refractivity contribution in [1.29, 1.82) is 0 Å². The van der Waals surface area contributed by atoms with Gasteiger partial charge in [-0.15, -0.1) is 0 Å². The minimum Gasteiger partial charge on any atom is -1.00 e. The van der Waals surface area contributed by atoms with Crippen LogP contribution in [0.5, 0.6) is 0 Å². The van der Waals surface area contributed by atoms with Crippen LogP contribution in [0.1, 0.15) is 65.2 Å². The lowest BCUT2D eigenvalue weighted by Crippen LogP contribution is -3.00. The molecule has 5 heteroatoms. The summed E-state index contributed by atoms with van der Waals surface area (Å²) in [6.45, 7) is 9.41. The van der Waals surface area contributed by atoms with Crippen LogP contribution in [0.15, 0.2) is 0 Å². The number of quaternary nitrogens is 1. The number of nitrogens with zero attached hydrogens (tertiary/aromatic N) is 1. The highest BCUT2D eigenvalue weighted by atomic mass is 35.5. The standard InChI is InChI=1S/C19H42NO3.ClH/c1-19(2)11-7-5-4-6-8-17-23-18-10-13-20(3,14-16-22)12-9-15-21;/h19,21-22H,4-18H2,1-3H3;1H/q+1;/p-1. The van der Waals surface area contributed by atoms with E-state index in [4.69, 9.17) is 9.84 Å². The first-order valence-corrected chi connectivity index (χ1v) is 9.67. The highest BCUT2D eigenvalue weighted by Gasteiger charge is 2.19. The van der Waals surface area contributed by atoms with Crippen LogP contribution >= 0.6 is 0 Å². The molecule has 0 amide bonds. The Morgan fingerprint density at radius 1 is 0.750 bits per heavy atom. The van der Waals surface area contributed by atoms with Gasteiger partial charge in [0.2, 0.25) is 0 Å². The third-order valence-electron chi connectivity index (χ3n) is 4.55. The van der Waals surface area contributed by atoms with Crippen molar-refractivity contribution in [3.63, 3.8) is 0 Å².